The lowest BCUT2D eigenvalue weighted by atomic mass is 9.98. The standard InChI is InChI=1S/C15H16N2O/c1-10-7-13-8-11(4-5-14(13)18-10)15(16)12-3-2-6-17-9-12/h2-6,8-10,15H,7,16H2,1H3. The van der Waals surface area contributed by atoms with Gasteiger partial charge in [-0.15, -0.1) is 0 Å². The summed E-state index contributed by atoms with van der Waals surface area (Å²) in [4.78, 5) is 4.11. The van der Waals surface area contributed by atoms with E-state index in [1.807, 2.05) is 30.5 Å². The van der Waals surface area contributed by atoms with E-state index < -0.39 is 0 Å². The van der Waals surface area contributed by atoms with Crippen LogP contribution in [0.3, 0.4) is 0 Å². The number of hydrogen-bond donors (Lipinski definition) is 1. The van der Waals surface area contributed by atoms with Crippen molar-refractivity contribution < 1.29 is 4.74 Å². The molecule has 3 rings (SSSR count). The van der Waals surface area contributed by atoms with Gasteiger partial charge in [0.2, 0.25) is 0 Å². The van der Waals surface area contributed by atoms with Crippen molar-refractivity contribution in [1.29, 1.82) is 0 Å². The van der Waals surface area contributed by atoms with E-state index in [1.165, 1.54) is 5.56 Å². The van der Waals surface area contributed by atoms with Crippen LogP contribution in [0.15, 0.2) is 42.7 Å². The number of nitrogens with zero attached hydrogens (tertiary/aromatic N) is 1. The van der Waals surface area contributed by atoms with Gasteiger partial charge in [-0.1, -0.05) is 18.2 Å². The van der Waals surface area contributed by atoms with Gasteiger partial charge < -0.3 is 10.5 Å². The van der Waals surface area contributed by atoms with E-state index in [0.29, 0.717) is 0 Å². The average Bonchev–Trinajstić information content (AvgIpc) is 2.78. The molecular formula is C15H16N2O. The summed E-state index contributed by atoms with van der Waals surface area (Å²) >= 11 is 0. The number of benzene rings is 1. The van der Waals surface area contributed by atoms with Crippen LogP contribution in [0.2, 0.25) is 0 Å². The molecule has 1 aromatic carbocycles. The fraction of sp³-hybridized carbons (Fsp3) is 0.267. The van der Waals surface area contributed by atoms with Crippen molar-refractivity contribution in [3.63, 3.8) is 0 Å². The van der Waals surface area contributed by atoms with Crippen molar-refractivity contribution in [1.82, 2.24) is 4.98 Å². The Bertz CT molecular complexity index is 554. The molecule has 0 saturated carbocycles. The third kappa shape index (κ3) is 1.97. The van der Waals surface area contributed by atoms with Gasteiger partial charge in [-0.25, -0.2) is 0 Å². The molecule has 0 bridgehead atoms. The number of rotatable bonds is 2. The first kappa shape index (κ1) is 11.2. The minimum atomic E-state index is -0.125. The maximum absolute atomic E-state index is 6.26. The molecule has 1 aromatic heterocycles. The number of nitrogens with two attached hydrogens (primary N) is 1. The van der Waals surface area contributed by atoms with E-state index in [2.05, 4.69) is 18.0 Å². The Morgan fingerprint density at radius 3 is 3.00 bits per heavy atom. The molecule has 92 valence electrons. The van der Waals surface area contributed by atoms with Gasteiger partial charge in [0.15, 0.2) is 0 Å². The van der Waals surface area contributed by atoms with E-state index in [-0.39, 0.29) is 12.1 Å². The minimum Gasteiger partial charge on any atom is -0.490 e. The molecule has 0 spiro atoms. The van der Waals surface area contributed by atoms with Crippen LogP contribution in [0.1, 0.15) is 29.7 Å². The normalized spacial score (nSPS) is 19.1. The van der Waals surface area contributed by atoms with Crippen LogP contribution in [0, 0.1) is 0 Å². The summed E-state index contributed by atoms with van der Waals surface area (Å²) in [5.74, 6) is 0.990. The predicted octanol–water partition coefficient (Wildman–Crippen LogP) is 2.45. The van der Waals surface area contributed by atoms with Gasteiger partial charge in [0.05, 0.1) is 6.04 Å². The Balaban J connectivity index is 1.92. The lowest BCUT2D eigenvalue weighted by molar-refractivity contribution is 0.254. The van der Waals surface area contributed by atoms with E-state index in [0.717, 1.165) is 23.3 Å². The van der Waals surface area contributed by atoms with Gasteiger partial charge in [0, 0.05) is 18.8 Å². The highest BCUT2D eigenvalue weighted by atomic mass is 16.5. The number of fused-ring (bicyclic) bond motifs is 1. The van der Waals surface area contributed by atoms with Crippen molar-refractivity contribution in [3.05, 3.63) is 59.4 Å². The lowest BCUT2D eigenvalue weighted by Gasteiger charge is -2.13. The molecule has 2 unspecified atom stereocenters. The van der Waals surface area contributed by atoms with Crippen molar-refractivity contribution in [2.24, 2.45) is 5.73 Å². The Morgan fingerprint density at radius 1 is 1.33 bits per heavy atom. The zero-order valence-corrected chi connectivity index (χ0v) is 10.3. The van der Waals surface area contributed by atoms with Gasteiger partial charge in [0.25, 0.3) is 0 Å². The summed E-state index contributed by atoms with van der Waals surface area (Å²) < 4.78 is 5.69. The molecule has 18 heavy (non-hydrogen) atoms. The predicted molar refractivity (Wildman–Crippen MR) is 70.5 cm³/mol. The molecule has 3 nitrogen and oxygen atoms in total. The first-order valence-electron chi connectivity index (χ1n) is 6.19. The van der Waals surface area contributed by atoms with Crippen LogP contribution >= 0.6 is 0 Å². The summed E-state index contributed by atoms with van der Waals surface area (Å²) in [6.07, 6.45) is 4.80. The summed E-state index contributed by atoms with van der Waals surface area (Å²) in [7, 11) is 0. The molecular weight excluding hydrogens is 224 g/mol. The molecule has 0 aliphatic carbocycles. The molecule has 0 amide bonds. The summed E-state index contributed by atoms with van der Waals surface area (Å²) in [5, 5.41) is 0. The second-order valence-corrected chi connectivity index (χ2v) is 4.76. The van der Waals surface area contributed by atoms with Gasteiger partial charge in [-0.2, -0.15) is 0 Å². The van der Waals surface area contributed by atoms with Crippen LogP contribution in [-0.4, -0.2) is 11.1 Å². The fourth-order valence-corrected chi connectivity index (χ4v) is 2.39. The second kappa shape index (κ2) is 4.42. The second-order valence-electron chi connectivity index (χ2n) is 4.76. The molecule has 1 aliphatic rings. The van der Waals surface area contributed by atoms with E-state index in [9.17, 15) is 0 Å². The molecule has 2 N–H and O–H groups in total. The Labute approximate surface area is 107 Å². The first-order chi connectivity index (χ1) is 8.74. The van der Waals surface area contributed by atoms with Gasteiger partial charge in [-0.3, -0.25) is 4.98 Å². The summed E-state index contributed by atoms with van der Waals surface area (Å²) in [6.45, 7) is 2.08. The zero-order chi connectivity index (χ0) is 12.5. The maximum atomic E-state index is 6.26. The van der Waals surface area contributed by atoms with E-state index in [4.69, 9.17) is 10.5 Å². The van der Waals surface area contributed by atoms with Crippen molar-refractivity contribution in [3.8, 4) is 5.75 Å². The Morgan fingerprint density at radius 2 is 2.22 bits per heavy atom. The van der Waals surface area contributed by atoms with E-state index >= 15 is 0 Å². The zero-order valence-electron chi connectivity index (χ0n) is 10.3. The topological polar surface area (TPSA) is 48.1 Å². The number of ether oxygens (including phenoxy) is 1. The van der Waals surface area contributed by atoms with Crippen molar-refractivity contribution in [2.45, 2.75) is 25.5 Å². The number of pyridine rings is 1. The number of aromatic nitrogens is 1. The molecule has 2 aromatic rings. The van der Waals surface area contributed by atoms with Crippen LogP contribution in [0.4, 0.5) is 0 Å². The van der Waals surface area contributed by atoms with Gasteiger partial charge in [0.1, 0.15) is 11.9 Å². The quantitative estimate of drug-likeness (QED) is 0.877. The third-order valence-corrected chi connectivity index (χ3v) is 3.32. The molecule has 1 aliphatic heterocycles. The lowest BCUT2D eigenvalue weighted by Crippen LogP contribution is -2.12. The Kier molecular flexibility index (Phi) is 2.76. The molecule has 2 atom stereocenters. The fourth-order valence-electron chi connectivity index (χ4n) is 2.39. The highest BCUT2D eigenvalue weighted by molar-refractivity contribution is 5.43. The van der Waals surface area contributed by atoms with Crippen LogP contribution in [-0.2, 0) is 6.42 Å². The molecule has 0 fully saturated rings. The highest BCUT2D eigenvalue weighted by Gasteiger charge is 2.20. The summed E-state index contributed by atoms with van der Waals surface area (Å²) in [5.41, 5.74) is 9.66. The van der Waals surface area contributed by atoms with Crippen LogP contribution in [0.25, 0.3) is 0 Å². The average molecular weight is 240 g/mol. The van der Waals surface area contributed by atoms with Gasteiger partial charge in [-0.05, 0) is 35.7 Å². The van der Waals surface area contributed by atoms with Crippen LogP contribution in [0.5, 0.6) is 5.75 Å². The number of hydrogen-bond acceptors (Lipinski definition) is 3. The van der Waals surface area contributed by atoms with Gasteiger partial charge >= 0.3 is 0 Å². The molecule has 3 heteroatoms. The maximum Gasteiger partial charge on any atom is 0.123 e. The first-order valence-corrected chi connectivity index (χ1v) is 6.19. The molecule has 0 saturated heterocycles. The molecule has 0 radical (unpaired) electrons. The smallest absolute Gasteiger partial charge is 0.123 e. The van der Waals surface area contributed by atoms with Crippen molar-refractivity contribution >= 4 is 0 Å². The SMILES string of the molecule is CC1Cc2cc(C(N)c3cccnc3)ccc2O1. The van der Waals surface area contributed by atoms with Crippen molar-refractivity contribution in [2.75, 3.05) is 0 Å². The third-order valence-electron chi connectivity index (χ3n) is 3.32. The Hall–Kier alpha value is -1.87. The highest BCUT2D eigenvalue weighted by Crippen LogP contribution is 2.31. The largest absolute Gasteiger partial charge is 0.490 e. The molecule has 2 heterocycles. The van der Waals surface area contributed by atoms with E-state index in [1.54, 1.807) is 6.20 Å². The van der Waals surface area contributed by atoms with Crippen LogP contribution < -0.4 is 10.5 Å². The minimum absolute atomic E-state index is 0.125. The monoisotopic (exact) mass is 240 g/mol. The summed E-state index contributed by atoms with van der Waals surface area (Å²) in [6, 6.07) is 9.99.